The van der Waals surface area contributed by atoms with Crippen LogP contribution in [0.2, 0.25) is 5.02 Å². The van der Waals surface area contributed by atoms with E-state index in [1.807, 2.05) is 18.2 Å². The van der Waals surface area contributed by atoms with Crippen LogP contribution >= 0.6 is 11.6 Å². The number of ether oxygens (including phenoxy) is 1. The predicted molar refractivity (Wildman–Crippen MR) is 85.9 cm³/mol. The van der Waals surface area contributed by atoms with Crippen molar-refractivity contribution in [1.29, 1.82) is 0 Å². The number of carbonyl (C=O) groups excluding carboxylic acids is 1. The molecule has 1 radical (unpaired) electrons. The Bertz CT molecular complexity index is 508. The Labute approximate surface area is 148 Å². The van der Waals surface area contributed by atoms with Crippen LogP contribution in [-0.2, 0) is 9.63 Å². The fourth-order valence-corrected chi connectivity index (χ4v) is 3.15. The molecule has 6 heteroatoms. The second-order valence-corrected chi connectivity index (χ2v) is 6.20. The van der Waals surface area contributed by atoms with E-state index in [0.29, 0.717) is 11.6 Å². The van der Waals surface area contributed by atoms with Crippen LogP contribution in [0.4, 0.5) is 0 Å². The van der Waals surface area contributed by atoms with Gasteiger partial charge in [0.05, 0.1) is 12.5 Å². The molecular formula is C16H20ClLiNO3. The fraction of sp³-hybridized carbons (Fsp3) is 0.562. The minimum atomic E-state index is -0.0732. The Morgan fingerprint density at radius 2 is 2.00 bits per heavy atom. The molecule has 1 saturated carbocycles. The average Bonchev–Trinajstić information content (AvgIpc) is 3.10. The molecule has 1 aliphatic heterocycles. The van der Waals surface area contributed by atoms with Gasteiger partial charge in [0.2, 0.25) is 0 Å². The maximum absolute atomic E-state index is 12.0. The molecule has 0 aromatic heterocycles. The summed E-state index contributed by atoms with van der Waals surface area (Å²) in [7, 11) is 0. The summed E-state index contributed by atoms with van der Waals surface area (Å²) in [5, 5.41) is 2.39. The zero-order chi connectivity index (χ0) is 14.7. The number of rotatable bonds is 4. The van der Waals surface area contributed by atoms with Gasteiger partial charge in [-0.05, 0) is 31.0 Å². The van der Waals surface area contributed by atoms with E-state index in [2.05, 4.69) is 0 Å². The summed E-state index contributed by atoms with van der Waals surface area (Å²) >= 11 is 5.94. The van der Waals surface area contributed by atoms with Crippen LogP contribution in [0.15, 0.2) is 24.3 Å². The first-order valence-corrected chi connectivity index (χ1v) is 7.97. The number of hydrogen-bond donors (Lipinski definition) is 0. The molecule has 0 N–H and O–H groups in total. The first kappa shape index (κ1) is 17.7. The summed E-state index contributed by atoms with van der Waals surface area (Å²) in [4.78, 5) is 17.5. The molecular weight excluding hydrogens is 297 g/mol. The minimum absolute atomic E-state index is 0. The van der Waals surface area contributed by atoms with Crippen LogP contribution in [0.5, 0.6) is 5.75 Å². The van der Waals surface area contributed by atoms with Gasteiger partial charge in [0, 0.05) is 36.8 Å². The topological polar surface area (TPSA) is 38.8 Å². The van der Waals surface area contributed by atoms with Gasteiger partial charge in [-0.2, -0.15) is 0 Å². The minimum Gasteiger partial charge on any atom is -0.489 e. The molecule has 1 aromatic rings. The number of hydroxylamine groups is 2. The number of hydrogen-bond acceptors (Lipinski definition) is 4. The van der Waals surface area contributed by atoms with Gasteiger partial charge in [-0.1, -0.05) is 30.5 Å². The van der Waals surface area contributed by atoms with E-state index in [-0.39, 0.29) is 36.9 Å². The smallest absolute Gasteiger partial charge is 0.328 e. The standard InChI is InChI=1S/C16H20ClNO3.Li/c17-13-6-3-7-14(10-13)20-15-8-9-18(11-15)21-16(19)12-4-1-2-5-12;/h3,6-7,10,12,15H,1-2,4-5,8-9,11H2;/t15-;/m1./s1. The van der Waals surface area contributed by atoms with E-state index in [0.717, 1.165) is 44.4 Å². The Kier molecular flexibility index (Phi) is 6.64. The third kappa shape index (κ3) is 4.66. The van der Waals surface area contributed by atoms with Crippen LogP contribution in [0.1, 0.15) is 32.1 Å². The van der Waals surface area contributed by atoms with Crippen molar-refractivity contribution < 1.29 is 14.4 Å². The Morgan fingerprint density at radius 3 is 2.73 bits per heavy atom. The second-order valence-electron chi connectivity index (χ2n) is 5.77. The molecule has 2 aliphatic rings. The summed E-state index contributed by atoms with van der Waals surface area (Å²) in [6, 6.07) is 7.37. The zero-order valence-corrected chi connectivity index (χ0v) is 13.7. The van der Waals surface area contributed by atoms with Crippen molar-refractivity contribution in [1.82, 2.24) is 5.06 Å². The normalized spacial score (nSPS) is 22.3. The first-order chi connectivity index (χ1) is 10.2. The van der Waals surface area contributed by atoms with Crippen LogP contribution in [-0.4, -0.2) is 49.1 Å². The van der Waals surface area contributed by atoms with E-state index in [9.17, 15) is 4.79 Å². The van der Waals surface area contributed by atoms with Crippen LogP contribution in [0.25, 0.3) is 0 Å². The average molecular weight is 317 g/mol. The van der Waals surface area contributed by atoms with Crippen LogP contribution in [0, 0.1) is 5.92 Å². The Morgan fingerprint density at radius 1 is 1.23 bits per heavy atom. The van der Waals surface area contributed by atoms with Crippen molar-refractivity contribution in [2.45, 2.75) is 38.2 Å². The third-order valence-corrected chi connectivity index (χ3v) is 4.35. The summed E-state index contributed by atoms with van der Waals surface area (Å²) < 4.78 is 5.88. The van der Waals surface area contributed by atoms with Gasteiger partial charge >= 0.3 is 5.97 Å². The van der Waals surface area contributed by atoms with Gasteiger partial charge in [-0.15, -0.1) is 5.06 Å². The van der Waals surface area contributed by atoms with Crippen LogP contribution < -0.4 is 4.74 Å². The fourth-order valence-electron chi connectivity index (χ4n) is 2.97. The summed E-state index contributed by atoms with van der Waals surface area (Å²) in [5.41, 5.74) is 0. The molecule has 1 aromatic carbocycles. The molecule has 0 spiro atoms. The number of nitrogens with zero attached hydrogens (tertiary/aromatic N) is 1. The van der Waals surface area contributed by atoms with E-state index >= 15 is 0 Å². The number of benzene rings is 1. The molecule has 0 unspecified atom stereocenters. The zero-order valence-electron chi connectivity index (χ0n) is 13.0. The largest absolute Gasteiger partial charge is 0.489 e. The van der Waals surface area contributed by atoms with Gasteiger partial charge in [0.15, 0.2) is 0 Å². The van der Waals surface area contributed by atoms with E-state index in [4.69, 9.17) is 21.2 Å². The van der Waals surface area contributed by atoms with Crippen molar-refractivity contribution in [3.8, 4) is 5.75 Å². The summed E-state index contributed by atoms with van der Waals surface area (Å²) in [6.07, 6.45) is 5.11. The molecule has 3 rings (SSSR count). The maximum Gasteiger partial charge on any atom is 0.328 e. The molecule has 2 fully saturated rings. The van der Waals surface area contributed by atoms with Gasteiger partial charge in [0.25, 0.3) is 0 Å². The van der Waals surface area contributed by atoms with Gasteiger partial charge < -0.3 is 9.57 Å². The number of halogens is 1. The first-order valence-electron chi connectivity index (χ1n) is 7.60. The molecule has 115 valence electrons. The second kappa shape index (κ2) is 8.26. The SMILES string of the molecule is O=C(ON1CC[C@@H](Oc2cccc(Cl)c2)C1)C1CCCC1.[Li]. The van der Waals surface area contributed by atoms with Crippen molar-refractivity contribution >= 4 is 36.4 Å². The van der Waals surface area contributed by atoms with Crippen molar-refractivity contribution in [2.24, 2.45) is 5.92 Å². The molecule has 0 amide bonds. The summed E-state index contributed by atoms with van der Waals surface area (Å²) in [6.45, 7) is 1.34. The van der Waals surface area contributed by atoms with E-state index < -0.39 is 0 Å². The van der Waals surface area contributed by atoms with Crippen molar-refractivity contribution in [3.63, 3.8) is 0 Å². The monoisotopic (exact) mass is 316 g/mol. The molecule has 0 bridgehead atoms. The predicted octanol–water partition coefficient (Wildman–Crippen LogP) is 3.06. The molecule has 1 aliphatic carbocycles. The van der Waals surface area contributed by atoms with Gasteiger partial charge in [-0.25, -0.2) is 0 Å². The molecule has 1 atom stereocenters. The molecule has 1 heterocycles. The summed E-state index contributed by atoms with van der Waals surface area (Å²) in [5.74, 6) is 0.783. The van der Waals surface area contributed by atoms with Crippen molar-refractivity contribution in [2.75, 3.05) is 13.1 Å². The third-order valence-electron chi connectivity index (χ3n) is 4.11. The van der Waals surface area contributed by atoms with Gasteiger partial charge in [-0.3, -0.25) is 4.79 Å². The van der Waals surface area contributed by atoms with Gasteiger partial charge in [0.1, 0.15) is 11.9 Å². The quantitative estimate of drug-likeness (QED) is 0.800. The molecule has 4 nitrogen and oxygen atoms in total. The van der Waals surface area contributed by atoms with E-state index in [1.165, 1.54) is 0 Å². The maximum atomic E-state index is 12.0. The Balaban J connectivity index is 0.00000176. The van der Waals surface area contributed by atoms with Crippen LogP contribution in [0.3, 0.4) is 0 Å². The van der Waals surface area contributed by atoms with Crippen molar-refractivity contribution in [3.05, 3.63) is 29.3 Å². The molecule has 22 heavy (non-hydrogen) atoms. The number of carbonyl (C=O) groups is 1. The molecule has 1 saturated heterocycles. The van der Waals surface area contributed by atoms with E-state index in [1.54, 1.807) is 11.1 Å². The Hall–Kier alpha value is -0.663.